The fraction of sp³-hybridized carbons (Fsp3) is 0.120. The zero-order chi connectivity index (χ0) is 18.9. The van der Waals surface area contributed by atoms with Gasteiger partial charge in [0, 0.05) is 12.2 Å². The molecule has 1 aliphatic heterocycles. The summed E-state index contributed by atoms with van der Waals surface area (Å²) in [5.41, 5.74) is 15.1. The van der Waals surface area contributed by atoms with Crippen LogP contribution in [0.25, 0.3) is 11.1 Å². The van der Waals surface area contributed by atoms with E-state index in [1.165, 1.54) is 33.5 Å². The summed E-state index contributed by atoms with van der Waals surface area (Å²) in [7, 11) is 0. The molecule has 4 aromatic rings. The molecular weight excluding hydrogens is 344 g/mol. The molecule has 0 saturated heterocycles. The normalized spacial score (nSPS) is 15.1. The first-order chi connectivity index (χ1) is 13.8. The van der Waals surface area contributed by atoms with Crippen LogP contribution in [0.3, 0.4) is 0 Å². The van der Waals surface area contributed by atoms with Crippen molar-refractivity contribution in [2.45, 2.75) is 12.3 Å². The molecule has 0 radical (unpaired) electrons. The minimum absolute atomic E-state index is 0.484. The second-order valence-electron chi connectivity index (χ2n) is 7.47. The van der Waals surface area contributed by atoms with Crippen LogP contribution in [0.2, 0.25) is 0 Å². The maximum atomic E-state index is 6.44. The molecule has 2 heterocycles. The van der Waals surface area contributed by atoms with Crippen LogP contribution in [-0.4, -0.2) is 6.54 Å². The van der Waals surface area contributed by atoms with Crippen molar-refractivity contribution in [2.24, 2.45) is 0 Å². The number of para-hydroxylation sites is 1. The average Bonchev–Trinajstić information content (AvgIpc) is 3.27. The summed E-state index contributed by atoms with van der Waals surface area (Å²) in [6.07, 6.45) is 1.70. The van der Waals surface area contributed by atoms with Gasteiger partial charge in [-0.2, -0.15) is 0 Å². The summed E-state index contributed by atoms with van der Waals surface area (Å²) >= 11 is 0. The number of anilines is 3. The summed E-state index contributed by atoms with van der Waals surface area (Å²) < 4.78 is 6.26. The molecule has 1 spiro atoms. The molecule has 0 unspecified atom stereocenters. The second-order valence-corrected chi connectivity index (χ2v) is 7.47. The first-order valence-electron chi connectivity index (χ1n) is 9.72. The fourth-order valence-electron chi connectivity index (χ4n) is 5.28. The molecule has 1 aromatic heterocycles. The molecule has 28 heavy (non-hydrogen) atoms. The zero-order valence-corrected chi connectivity index (χ0v) is 15.6. The number of hydrogen-bond acceptors (Lipinski definition) is 3. The third-order valence-electron chi connectivity index (χ3n) is 6.27. The topological polar surface area (TPSA) is 42.4 Å². The fourth-order valence-corrected chi connectivity index (χ4v) is 5.28. The van der Waals surface area contributed by atoms with Gasteiger partial charge in [0.15, 0.2) is 0 Å². The summed E-state index contributed by atoms with van der Waals surface area (Å²) in [5, 5.41) is 0. The van der Waals surface area contributed by atoms with E-state index in [-0.39, 0.29) is 0 Å². The molecule has 0 atom stereocenters. The summed E-state index contributed by atoms with van der Waals surface area (Å²) in [4.78, 5) is 2.28. The van der Waals surface area contributed by atoms with Crippen LogP contribution in [0.15, 0.2) is 83.5 Å². The Hall–Kier alpha value is -3.46. The number of nitrogens with zero attached hydrogens (tertiary/aromatic N) is 1. The largest absolute Gasteiger partial charge is 0.463 e. The van der Waals surface area contributed by atoms with Crippen LogP contribution < -0.4 is 10.6 Å². The highest BCUT2D eigenvalue weighted by molar-refractivity contribution is 5.94. The molecular formula is C25H20N2O. The highest BCUT2D eigenvalue weighted by Crippen LogP contribution is 2.63. The van der Waals surface area contributed by atoms with Gasteiger partial charge in [0.1, 0.15) is 23.1 Å². The van der Waals surface area contributed by atoms with Crippen molar-refractivity contribution in [3.63, 3.8) is 0 Å². The van der Waals surface area contributed by atoms with Crippen LogP contribution in [0.1, 0.15) is 29.4 Å². The molecule has 2 aliphatic rings. The lowest BCUT2D eigenvalue weighted by Crippen LogP contribution is -2.37. The van der Waals surface area contributed by atoms with Gasteiger partial charge in [-0.1, -0.05) is 66.7 Å². The van der Waals surface area contributed by atoms with Gasteiger partial charge in [-0.3, -0.25) is 0 Å². The lowest BCUT2D eigenvalue weighted by atomic mass is 9.67. The number of rotatable bonds is 1. The zero-order valence-electron chi connectivity index (χ0n) is 15.6. The lowest BCUT2D eigenvalue weighted by molar-refractivity contribution is 0.462. The van der Waals surface area contributed by atoms with Gasteiger partial charge < -0.3 is 15.1 Å². The van der Waals surface area contributed by atoms with E-state index >= 15 is 0 Å². The summed E-state index contributed by atoms with van der Waals surface area (Å²) in [6, 6.07) is 26.0. The van der Waals surface area contributed by atoms with E-state index in [2.05, 4.69) is 84.6 Å². The first kappa shape index (κ1) is 15.6. The third kappa shape index (κ3) is 1.61. The molecule has 6 rings (SSSR count). The van der Waals surface area contributed by atoms with E-state index in [4.69, 9.17) is 10.2 Å². The molecule has 0 fully saturated rings. The van der Waals surface area contributed by atoms with Gasteiger partial charge in [0.05, 0.1) is 5.69 Å². The molecule has 1 aliphatic carbocycles. The Morgan fingerprint density at radius 3 is 2.04 bits per heavy atom. The Morgan fingerprint density at radius 2 is 1.39 bits per heavy atom. The van der Waals surface area contributed by atoms with Crippen molar-refractivity contribution < 1.29 is 4.42 Å². The Bertz CT molecular complexity index is 1190. The molecule has 2 N–H and O–H groups in total. The summed E-state index contributed by atoms with van der Waals surface area (Å²) in [6.45, 7) is 2.98. The standard InChI is InChI=1S/C25H20N2O/c1-2-27-22-14-8-7-13-20(22)25(24-23(27)21(26)15-28-24)18-11-5-3-9-16(18)17-10-4-6-12-19(17)25/h3-15H,2,26H2,1H3. The number of hydrogen-bond donors (Lipinski definition) is 1. The van der Waals surface area contributed by atoms with Crippen molar-refractivity contribution in [3.05, 3.63) is 102 Å². The number of fused-ring (bicyclic) bond motifs is 9. The van der Waals surface area contributed by atoms with Crippen LogP contribution in [0.4, 0.5) is 17.1 Å². The monoisotopic (exact) mass is 364 g/mol. The number of nitrogens with two attached hydrogens (primary N) is 1. The summed E-state index contributed by atoms with van der Waals surface area (Å²) in [5.74, 6) is 0.919. The maximum absolute atomic E-state index is 6.44. The Labute approximate surface area is 164 Å². The molecule has 0 bridgehead atoms. The van der Waals surface area contributed by atoms with Crippen molar-refractivity contribution >= 4 is 17.1 Å². The highest BCUT2D eigenvalue weighted by Gasteiger charge is 2.54. The van der Waals surface area contributed by atoms with Gasteiger partial charge in [-0.15, -0.1) is 0 Å². The smallest absolute Gasteiger partial charge is 0.149 e. The van der Waals surface area contributed by atoms with E-state index in [1.54, 1.807) is 6.26 Å². The van der Waals surface area contributed by atoms with Crippen molar-refractivity contribution in [1.29, 1.82) is 0 Å². The van der Waals surface area contributed by atoms with E-state index in [0.29, 0.717) is 5.69 Å². The van der Waals surface area contributed by atoms with Gasteiger partial charge in [0.25, 0.3) is 0 Å². The maximum Gasteiger partial charge on any atom is 0.149 e. The van der Waals surface area contributed by atoms with Crippen LogP contribution >= 0.6 is 0 Å². The van der Waals surface area contributed by atoms with Crippen molar-refractivity contribution in [3.8, 4) is 11.1 Å². The van der Waals surface area contributed by atoms with Crippen LogP contribution in [-0.2, 0) is 5.41 Å². The first-order valence-corrected chi connectivity index (χ1v) is 9.72. The molecule has 0 saturated carbocycles. The molecule has 136 valence electrons. The molecule has 3 heteroatoms. The van der Waals surface area contributed by atoms with Crippen molar-refractivity contribution in [1.82, 2.24) is 0 Å². The van der Waals surface area contributed by atoms with Crippen LogP contribution in [0.5, 0.6) is 0 Å². The number of furan rings is 1. The SMILES string of the molecule is CCN1c2ccccc2C2(c3ccccc3-c3ccccc32)c2occ(N)c21. The Kier molecular flexibility index (Phi) is 2.95. The molecule has 3 nitrogen and oxygen atoms in total. The predicted molar refractivity (Wildman–Crippen MR) is 113 cm³/mol. The van der Waals surface area contributed by atoms with E-state index in [9.17, 15) is 0 Å². The number of nitrogen functional groups attached to an aromatic ring is 1. The van der Waals surface area contributed by atoms with Crippen LogP contribution in [0, 0.1) is 0 Å². The van der Waals surface area contributed by atoms with Gasteiger partial charge >= 0.3 is 0 Å². The third-order valence-corrected chi connectivity index (χ3v) is 6.27. The van der Waals surface area contributed by atoms with Crippen molar-refractivity contribution in [2.75, 3.05) is 17.2 Å². The lowest BCUT2D eigenvalue weighted by Gasteiger charge is -2.41. The van der Waals surface area contributed by atoms with Gasteiger partial charge in [-0.05, 0) is 40.8 Å². The van der Waals surface area contributed by atoms with E-state index in [0.717, 1.165) is 18.0 Å². The Morgan fingerprint density at radius 1 is 0.821 bits per heavy atom. The van der Waals surface area contributed by atoms with E-state index < -0.39 is 5.41 Å². The average molecular weight is 364 g/mol. The molecule has 3 aromatic carbocycles. The number of benzene rings is 3. The van der Waals surface area contributed by atoms with Gasteiger partial charge in [-0.25, -0.2) is 0 Å². The predicted octanol–water partition coefficient (Wildman–Crippen LogP) is 5.70. The minimum Gasteiger partial charge on any atom is -0.463 e. The quantitative estimate of drug-likeness (QED) is 0.415. The van der Waals surface area contributed by atoms with E-state index in [1.807, 2.05) is 0 Å². The second kappa shape index (κ2) is 5.29. The Balaban J connectivity index is 1.85. The highest BCUT2D eigenvalue weighted by atomic mass is 16.3. The van der Waals surface area contributed by atoms with Gasteiger partial charge in [0.2, 0.25) is 0 Å². The minimum atomic E-state index is -0.484. The molecule has 0 amide bonds.